The minimum absolute atomic E-state index is 0.165. The minimum atomic E-state index is 0.165. The van der Waals surface area contributed by atoms with Crippen molar-refractivity contribution >= 4 is 11.8 Å². The highest BCUT2D eigenvalue weighted by molar-refractivity contribution is 7.99. The molecule has 1 aliphatic heterocycles. The number of thioether (sulfide) groups is 1. The number of rotatable bonds is 3. The van der Waals surface area contributed by atoms with E-state index in [2.05, 4.69) is 49.4 Å². The molecule has 0 spiro atoms. The van der Waals surface area contributed by atoms with Crippen LogP contribution in [0.25, 0.3) is 0 Å². The van der Waals surface area contributed by atoms with E-state index < -0.39 is 0 Å². The molecule has 0 aromatic heterocycles. The molecular weight excluding hydrogens is 280 g/mol. The van der Waals surface area contributed by atoms with Crippen molar-refractivity contribution in [3.63, 3.8) is 0 Å². The molecule has 1 aliphatic rings. The lowest BCUT2D eigenvalue weighted by molar-refractivity contribution is 0.412. The number of hydrogen-bond acceptors (Lipinski definition) is 3. The van der Waals surface area contributed by atoms with Crippen molar-refractivity contribution in [2.24, 2.45) is 0 Å². The molecule has 0 aliphatic carbocycles. The fraction of sp³-hybridized carbons (Fsp3) is 0.333. The Labute approximate surface area is 130 Å². The number of ether oxygens (including phenoxy) is 2. The second kappa shape index (κ2) is 5.64. The summed E-state index contributed by atoms with van der Waals surface area (Å²) in [6.07, 6.45) is 1.06. The summed E-state index contributed by atoms with van der Waals surface area (Å²) >= 11 is 1.92. The van der Waals surface area contributed by atoms with Crippen molar-refractivity contribution in [3.8, 4) is 11.5 Å². The van der Waals surface area contributed by atoms with Crippen LogP contribution in [0.5, 0.6) is 11.5 Å². The molecule has 1 atom stereocenters. The van der Waals surface area contributed by atoms with Gasteiger partial charge < -0.3 is 9.47 Å². The van der Waals surface area contributed by atoms with Gasteiger partial charge in [0.05, 0.1) is 14.2 Å². The Kier molecular flexibility index (Phi) is 3.85. The maximum atomic E-state index is 5.32. The predicted octanol–water partition coefficient (Wildman–Crippen LogP) is 4.31. The Hall–Kier alpha value is -1.61. The molecule has 1 unspecified atom stereocenters. The van der Waals surface area contributed by atoms with E-state index in [9.17, 15) is 0 Å². The first-order valence-corrected chi connectivity index (χ1v) is 8.07. The first-order valence-electron chi connectivity index (χ1n) is 7.09. The molecular formula is C18H20O2S. The van der Waals surface area contributed by atoms with E-state index in [-0.39, 0.29) is 5.41 Å². The zero-order valence-electron chi connectivity index (χ0n) is 12.7. The molecule has 3 rings (SSSR count). The second-order valence-electron chi connectivity index (χ2n) is 5.73. The van der Waals surface area contributed by atoms with Gasteiger partial charge in [-0.1, -0.05) is 25.1 Å². The van der Waals surface area contributed by atoms with Crippen LogP contribution < -0.4 is 9.47 Å². The molecule has 2 aromatic rings. The molecule has 0 N–H and O–H groups in total. The summed E-state index contributed by atoms with van der Waals surface area (Å²) < 4.78 is 10.6. The Morgan fingerprint density at radius 2 is 1.62 bits per heavy atom. The predicted molar refractivity (Wildman–Crippen MR) is 87.8 cm³/mol. The van der Waals surface area contributed by atoms with Crippen LogP contribution in [-0.2, 0) is 11.8 Å². The van der Waals surface area contributed by atoms with E-state index in [1.807, 2.05) is 11.8 Å². The van der Waals surface area contributed by atoms with Crippen LogP contribution in [0.2, 0.25) is 0 Å². The average Bonchev–Trinajstić information content (AvgIpc) is 2.54. The van der Waals surface area contributed by atoms with Crippen LogP contribution in [-0.4, -0.2) is 20.0 Å². The number of benzene rings is 2. The summed E-state index contributed by atoms with van der Waals surface area (Å²) in [6, 6.07) is 14.9. The van der Waals surface area contributed by atoms with Crippen molar-refractivity contribution in [2.75, 3.05) is 20.0 Å². The van der Waals surface area contributed by atoms with Gasteiger partial charge in [-0.3, -0.25) is 0 Å². The molecule has 0 fully saturated rings. The molecule has 3 heteroatoms. The highest BCUT2D eigenvalue weighted by atomic mass is 32.2. The van der Waals surface area contributed by atoms with Gasteiger partial charge in [-0.05, 0) is 41.8 Å². The molecule has 2 nitrogen and oxygen atoms in total. The summed E-state index contributed by atoms with van der Waals surface area (Å²) in [7, 11) is 3.42. The molecule has 110 valence electrons. The fourth-order valence-electron chi connectivity index (χ4n) is 2.83. The molecule has 0 saturated heterocycles. The Bertz CT molecular complexity index is 636. The van der Waals surface area contributed by atoms with Crippen molar-refractivity contribution in [2.45, 2.75) is 23.7 Å². The van der Waals surface area contributed by atoms with Crippen LogP contribution in [0.15, 0.2) is 47.4 Å². The third kappa shape index (κ3) is 2.75. The Balaban J connectivity index is 1.89. The van der Waals surface area contributed by atoms with Gasteiger partial charge in [0.25, 0.3) is 0 Å². The molecule has 0 bridgehead atoms. The zero-order chi connectivity index (χ0) is 14.9. The third-order valence-electron chi connectivity index (χ3n) is 4.19. The van der Waals surface area contributed by atoms with E-state index in [0.717, 1.165) is 23.7 Å². The molecule has 0 saturated carbocycles. The summed E-state index contributed by atoms with van der Waals surface area (Å²) in [6.45, 7) is 2.34. The van der Waals surface area contributed by atoms with E-state index in [1.54, 1.807) is 14.2 Å². The summed E-state index contributed by atoms with van der Waals surface area (Å²) in [4.78, 5) is 1.35. The highest BCUT2D eigenvalue weighted by Gasteiger charge is 2.32. The van der Waals surface area contributed by atoms with Crippen LogP contribution >= 0.6 is 11.8 Å². The summed E-state index contributed by atoms with van der Waals surface area (Å²) in [5.41, 5.74) is 2.95. The first-order chi connectivity index (χ1) is 10.1. The van der Waals surface area contributed by atoms with Gasteiger partial charge in [0, 0.05) is 16.1 Å². The molecule has 1 heterocycles. The highest BCUT2D eigenvalue weighted by Crippen LogP contribution is 2.43. The quantitative estimate of drug-likeness (QED) is 0.841. The first kappa shape index (κ1) is 14.3. The molecule has 0 radical (unpaired) electrons. The number of methoxy groups -OCH3 is 2. The largest absolute Gasteiger partial charge is 0.497 e. The standard InChI is InChI=1S/C18H20O2S/c1-18(14-5-8-15(19-2)9-6-14)11-13-4-7-16(20-3)10-17(13)21-12-18/h4-10H,11-12H2,1-3H3. The van der Waals surface area contributed by atoms with Crippen molar-refractivity contribution < 1.29 is 9.47 Å². The molecule has 21 heavy (non-hydrogen) atoms. The Morgan fingerprint density at radius 1 is 0.952 bits per heavy atom. The van der Waals surface area contributed by atoms with E-state index in [4.69, 9.17) is 9.47 Å². The van der Waals surface area contributed by atoms with Crippen LogP contribution in [0.4, 0.5) is 0 Å². The van der Waals surface area contributed by atoms with Crippen LogP contribution in [0.3, 0.4) is 0 Å². The van der Waals surface area contributed by atoms with E-state index >= 15 is 0 Å². The van der Waals surface area contributed by atoms with Gasteiger partial charge >= 0.3 is 0 Å². The minimum Gasteiger partial charge on any atom is -0.497 e. The number of hydrogen-bond donors (Lipinski definition) is 0. The Morgan fingerprint density at radius 3 is 2.29 bits per heavy atom. The van der Waals surface area contributed by atoms with Crippen molar-refractivity contribution in [3.05, 3.63) is 53.6 Å². The van der Waals surface area contributed by atoms with E-state index in [0.29, 0.717) is 0 Å². The third-order valence-corrected chi connectivity index (χ3v) is 5.66. The SMILES string of the molecule is COc1ccc(C2(C)CSc3cc(OC)ccc3C2)cc1. The lowest BCUT2D eigenvalue weighted by atomic mass is 9.78. The van der Waals surface area contributed by atoms with Crippen molar-refractivity contribution in [1.29, 1.82) is 0 Å². The molecule has 2 aromatic carbocycles. The topological polar surface area (TPSA) is 18.5 Å². The summed E-state index contributed by atoms with van der Waals surface area (Å²) in [5, 5.41) is 0. The van der Waals surface area contributed by atoms with Gasteiger partial charge in [0.15, 0.2) is 0 Å². The van der Waals surface area contributed by atoms with Gasteiger partial charge in [-0.15, -0.1) is 11.8 Å². The molecule has 0 amide bonds. The van der Waals surface area contributed by atoms with Gasteiger partial charge in [0.1, 0.15) is 11.5 Å². The van der Waals surface area contributed by atoms with E-state index in [1.165, 1.54) is 16.0 Å². The lowest BCUT2D eigenvalue weighted by Crippen LogP contribution is -2.31. The number of fused-ring (bicyclic) bond motifs is 1. The summed E-state index contributed by atoms with van der Waals surface area (Å²) in [5.74, 6) is 2.93. The van der Waals surface area contributed by atoms with Crippen LogP contribution in [0.1, 0.15) is 18.1 Å². The van der Waals surface area contributed by atoms with Crippen LogP contribution in [0, 0.1) is 0 Å². The van der Waals surface area contributed by atoms with Gasteiger partial charge in [-0.25, -0.2) is 0 Å². The monoisotopic (exact) mass is 300 g/mol. The van der Waals surface area contributed by atoms with Gasteiger partial charge in [-0.2, -0.15) is 0 Å². The zero-order valence-corrected chi connectivity index (χ0v) is 13.5. The maximum Gasteiger partial charge on any atom is 0.119 e. The average molecular weight is 300 g/mol. The lowest BCUT2D eigenvalue weighted by Gasteiger charge is -2.35. The second-order valence-corrected chi connectivity index (χ2v) is 6.75. The normalized spacial score (nSPS) is 20.7. The fourth-order valence-corrected chi connectivity index (χ4v) is 4.10. The van der Waals surface area contributed by atoms with Crippen molar-refractivity contribution in [1.82, 2.24) is 0 Å². The smallest absolute Gasteiger partial charge is 0.119 e. The maximum absolute atomic E-state index is 5.32. The van der Waals surface area contributed by atoms with Gasteiger partial charge in [0.2, 0.25) is 0 Å².